The van der Waals surface area contributed by atoms with Gasteiger partial charge in [-0.25, -0.2) is 0 Å². The molecule has 4 atom stereocenters. The molecule has 3 aliphatic rings. The van der Waals surface area contributed by atoms with Gasteiger partial charge in [0.25, 0.3) is 0 Å². The van der Waals surface area contributed by atoms with Crippen LogP contribution in [0.25, 0.3) is 6.08 Å². The highest BCUT2D eigenvalue weighted by atomic mass is 28.3. The van der Waals surface area contributed by atoms with Crippen molar-refractivity contribution in [3.05, 3.63) is 90.0 Å². The van der Waals surface area contributed by atoms with E-state index in [-0.39, 0.29) is 0 Å². The van der Waals surface area contributed by atoms with Gasteiger partial charge in [0.05, 0.1) is 22.7 Å². The van der Waals surface area contributed by atoms with Gasteiger partial charge >= 0.3 is 0 Å². The molecule has 1 heterocycles. The molecule has 3 aromatic carbocycles. The number of nitrogens with one attached hydrogen (secondary N) is 1. The molecule has 0 spiro atoms. The molecule has 0 amide bonds. The maximum atomic E-state index is 3.70. The summed E-state index contributed by atoms with van der Waals surface area (Å²) in [5.41, 5.74) is 8.85. The van der Waals surface area contributed by atoms with Crippen molar-refractivity contribution in [3.63, 3.8) is 0 Å². The molecule has 1 fully saturated rings. The third-order valence-electron chi connectivity index (χ3n) is 8.57. The number of benzene rings is 3. The summed E-state index contributed by atoms with van der Waals surface area (Å²) in [4.78, 5) is 0. The van der Waals surface area contributed by atoms with Crippen molar-refractivity contribution in [2.45, 2.75) is 44.8 Å². The van der Waals surface area contributed by atoms with Gasteiger partial charge in [-0.1, -0.05) is 87.6 Å². The number of fused-ring (bicyclic) bond motifs is 5. The predicted octanol–water partition coefficient (Wildman–Crippen LogP) is 8.56. The molecule has 0 bridgehead atoms. The monoisotopic (exact) mass is 450 g/mol. The molecule has 1 unspecified atom stereocenters. The third kappa shape index (κ3) is 3.13. The molecule has 2 aliphatic carbocycles. The Kier molecular flexibility index (Phi) is 4.81. The summed E-state index contributed by atoms with van der Waals surface area (Å²) in [6.45, 7) is 10.2. The van der Waals surface area contributed by atoms with Crippen LogP contribution in [0, 0.1) is 17.8 Å². The minimum atomic E-state index is -1.99. The highest BCUT2D eigenvalue weighted by molar-refractivity contribution is 6.84. The van der Waals surface area contributed by atoms with Gasteiger partial charge in [0.2, 0.25) is 0 Å². The zero-order chi connectivity index (χ0) is 22.7. The SMILES string of the molecule is CC(C)[C@@H]1C[C@@H]2c3ccccc3C=C[C@@H]2C1[Si](C)(C)N1c2ccccc2Nc2ccccc21. The summed E-state index contributed by atoms with van der Waals surface area (Å²) >= 11 is 0. The Morgan fingerprint density at radius 3 is 2.12 bits per heavy atom. The average molecular weight is 451 g/mol. The highest BCUT2D eigenvalue weighted by Gasteiger charge is 2.55. The van der Waals surface area contributed by atoms with Gasteiger partial charge in [0.1, 0.15) is 0 Å². The number of hydrogen-bond donors (Lipinski definition) is 1. The van der Waals surface area contributed by atoms with Gasteiger partial charge in [0, 0.05) is 0 Å². The van der Waals surface area contributed by atoms with Crippen LogP contribution in [0.1, 0.15) is 37.3 Å². The second-order valence-electron chi connectivity index (χ2n) is 11.0. The molecule has 1 saturated carbocycles. The summed E-state index contributed by atoms with van der Waals surface area (Å²) < 4.78 is 2.78. The maximum absolute atomic E-state index is 3.70. The first kappa shape index (κ1) is 20.8. The zero-order valence-corrected chi connectivity index (χ0v) is 21.1. The molecule has 3 aromatic rings. The first-order chi connectivity index (χ1) is 16.0. The highest BCUT2D eigenvalue weighted by Crippen LogP contribution is 2.62. The molecule has 3 heteroatoms. The van der Waals surface area contributed by atoms with Crippen LogP contribution in [-0.4, -0.2) is 8.24 Å². The normalized spacial score (nSPS) is 25.2. The van der Waals surface area contributed by atoms with Gasteiger partial charge in [-0.05, 0) is 71.0 Å². The zero-order valence-electron chi connectivity index (χ0n) is 20.1. The summed E-state index contributed by atoms with van der Waals surface area (Å²) in [5.74, 6) is 2.67. The van der Waals surface area contributed by atoms with Gasteiger partial charge in [-0.3, -0.25) is 0 Å². The number of hydrogen-bond acceptors (Lipinski definition) is 2. The fraction of sp³-hybridized carbons (Fsp3) is 0.333. The van der Waals surface area contributed by atoms with Gasteiger partial charge < -0.3 is 9.88 Å². The Bertz CT molecular complexity index is 1180. The lowest BCUT2D eigenvalue weighted by atomic mass is 9.81. The quantitative estimate of drug-likeness (QED) is 0.402. The molecule has 1 N–H and O–H groups in total. The number of para-hydroxylation sites is 4. The molecule has 6 rings (SSSR count). The van der Waals surface area contributed by atoms with Crippen molar-refractivity contribution in [1.82, 2.24) is 0 Å². The van der Waals surface area contributed by atoms with Crippen molar-refractivity contribution in [1.29, 1.82) is 0 Å². The lowest BCUT2D eigenvalue weighted by Crippen LogP contribution is -2.54. The topological polar surface area (TPSA) is 15.3 Å². The Labute approximate surface area is 199 Å². The summed E-state index contributed by atoms with van der Waals surface area (Å²) in [6.07, 6.45) is 6.30. The van der Waals surface area contributed by atoms with Crippen molar-refractivity contribution < 1.29 is 0 Å². The fourth-order valence-corrected chi connectivity index (χ4v) is 12.0. The fourth-order valence-electron chi connectivity index (χ4n) is 7.21. The second-order valence-corrected chi connectivity index (χ2v) is 15.4. The lowest BCUT2D eigenvalue weighted by molar-refractivity contribution is 0.379. The maximum Gasteiger partial charge on any atom is 0.160 e. The first-order valence-electron chi connectivity index (χ1n) is 12.5. The van der Waals surface area contributed by atoms with Crippen LogP contribution in [0.15, 0.2) is 78.9 Å². The van der Waals surface area contributed by atoms with Crippen LogP contribution < -0.4 is 9.88 Å². The van der Waals surface area contributed by atoms with Crippen LogP contribution in [0.2, 0.25) is 18.6 Å². The van der Waals surface area contributed by atoms with Crippen molar-refractivity contribution in [2.75, 3.05) is 9.88 Å². The van der Waals surface area contributed by atoms with Gasteiger partial charge in [-0.15, -0.1) is 0 Å². The van der Waals surface area contributed by atoms with Crippen LogP contribution in [0.5, 0.6) is 0 Å². The predicted molar refractivity (Wildman–Crippen MR) is 144 cm³/mol. The van der Waals surface area contributed by atoms with E-state index in [0.717, 1.165) is 5.92 Å². The number of rotatable bonds is 3. The van der Waals surface area contributed by atoms with Gasteiger partial charge in [0.15, 0.2) is 8.24 Å². The van der Waals surface area contributed by atoms with Gasteiger partial charge in [-0.2, -0.15) is 0 Å². The van der Waals surface area contributed by atoms with Crippen LogP contribution in [-0.2, 0) is 0 Å². The molecule has 2 nitrogen and oxygen atoms in total. The molecule has 0 radical (unpaired) electrons. The van der Waals surface area contributed by atoms with Crippen LogP contribution in [0.3, 0.4) is 0 Å². The molecule has 33 heavy (non-hydrogen) atoms. The van der Waals surface area contributed by atoms with E-state index in [0.29, 0.717) is 23.3 Å². The summed E-state index contributed by atoms with van der Waals surface area (Å²) in [5, 5.41) is 3.70. The Hall–Kier alpha value is -2.78. The van der Waals surface area contributed by atoms with E-state index in [1.807, 2.05) is 0 Å². The third-order valence-corrected chi connectivity index (χ3v) is 12.6. The minimum Gasteiger partial charge on any atom is -0.366 e. The standard InChI is InChI=1S/C30H34N2Si/c1-20(2)24-19-25-22-12-6-5-11-21(22)17-18-23(25)30(24)33(3,4)32-28-15-9-7-13-26(28)31-27-14-8-10-16-29(27)32/h5-18,20,23-25,30-31H,19H2,1-4H3/t23-,24-,25+,30?/m0/s1. The number of nitrogens with zero attached hydrogens (tertiary/aromatic N) is 1. The lowest BCUT2D eigenvalue weighted by Gasteiger charge is -2.50. The van der Waals surface area contributed by atoms with E-state index in [2.05, 4.69) is 122 Å². The van der Waals surface area contributed by atoms with E-state index in [4.69, 9.17) is 0 Å². The minimum absolute atomic E-state index is 0.614. The molecule has 168 valence electrons. The largest absolute Gasteiger partial charge is 0.366 e. The Morgan fingerprint density at radius 2 is 1.45 bits per heavy atom. The van der Waals surface area contributed by atoms with E-state index < -0.39 is 8.24 Å². The Balaban J connectivity index is 1.50. The molecular weight excluding hydrogens is 416 g/mol. The van der Waals surface area contributed by atoms with E-state index >= 15 is 0 Å². The van der Waals surface area contributed by atoms with Crippen LogP contribution in [0.4, 0.5) is 22.7 Å². The second kappa shape index (κ2) is 7.63. The van der Waals surface area contributed by atoms with Crippen molar-refractivity contribution >= 4 is 37.1 Å². The molecular formula is C30H34N2Si. The summed E-state index contributed by atoms with van der Waals surface area (Å²) in [6, 6.07) is 26.9. The smallest absolute Gasteiger partial charge is 0.160 e. The first-order valence-corrected chi connectivity index (χ1v) is 15.5. The van der Waals surface area contributed by atoms with E-state index in [1.54, 1.807) is 5.56 Å². The van der Waals surface area contributed by atoms with Crippen molar-refractivity contribution in [2.24, 2.45) is 17.8 Å². The molecule has 1 aliphatic heterocycles. The average Bonchev–Trinajstić information content (AvgIpc) is 3.24. The summed E-state index contributed by atoms with van der Waals surface area (Å²) in [7, 11) is -1.99. The number of anilines is 4. The van der Waals surface area contributed by atoms with Crippen molar-refractivity contribution in [3.8, 4) is 0 Å². The number of allylic oxidation sites excluding steroid dienone is 1. The van der Waals surface area contributed by atoms with E-state index in [1.165, 1.54) is 34.7 Å². The van der Waals surface area contributed by atoms with E-state index in [9.17, 15) is 0 Å². The van der Waals surface area contributed by atoms with Crippen LogP contribution >= 0.6 is 0 Å². The molecule has 0 saturated heterocycles. The molecule has 0 aromatic heterocycles. The Morgan fingerprint density at radius 1 is 0.848 bits per heavy atom.